The summed E-state index contributed by atoms with van der Waals surface area (Å²) in [6.45, 7) is 2.51. The molecule has 0 heterocycles. The highest BCUT2D eigenvalue weighted by atomic mass is 16.6. The molecule has 6 nitrogen and oxygen atoms in total. The number of nitrogens with zero attached hydrogens (tertiary/aromatic N) is 1. The number of nitrogens with two attached hydrogens (primary N) is 1. The maximum atomic E-state index is 11.0. The largest absolute Gasteiger partial charge is 0.493 e. The van der Waals surface area contributed by atoms with Crippen LogP contribution in [0.4, 0.5) is 5.69 Å². The first-order valence-electron chi connectivity index (χ1n) is 7.43. The van der Waals surface area contributed by atoms with Gasteiger partial charge in [-0.25, -0.2) is 0 Å². The molecule has 1 aromatic carbocycles. The van der Waals surface area contributed by atoms with Crippen molar-refractivity contribution in [1.82, 2.24) is 0 Å². The van der Waals surface area contributed by atoms with Crippen LogP contribution in [0.1, 0.15) is 39.0 Å². The van der Waals surface area contributed by atoms with Crippen molar-refractivity contribution >= 4 is 5.69 Å². The summed E-state index contributed by atoms with van der Waals surface area (Å²) in [5, 5.41) is 11.0. The molecule has 116 valence electrons. The highest BCUT2D eigenvalue weighted by Gasteiger charge is 2.21. The van der Waals surface area contributed by atoms with Crippen molar-refractivity contribution in [1.29, 1.82) is 0 Å². The first kappa shape index (κ1) is 15.6. The van der Waals surface area contributed by atoms with E-state index in [-0.39, 0.29) is 17.8 Å². The summed E-state index contributed by atoms with van der Waals surface area (Å²) in [6, 6.07) is 4.85. The Morgan fingerprint density at radius 1 is 1.24 bits per heavy atom. The van der Waals surface area contributed by atoms with E-state index in [1.165, 1.54) is 12.1 Å². The van der Waals surface area contributed by atoms with Gasteiger partial charge in [-0.1, -0.05) is 6.92 Å². The molecule has 0 amide bonds. The second-order valence-corrected chi connectivity index (χ2v) is 5.42. The van der Waals surface area contributed by atoms with Gasteiger partial charge in [0.1, 0.15) is 11.5 Å². The predicted molar refractivity (Wildman–Crippen MR) is 79.7 cm³/mol. The van der Waals surface area contributed by atoms with Crippen molar-refractivity contribution in [3.05, 3.63) is 28.3 Å². The average molecular weight is 294 g/mol. The topological polar surface area (TPSA) is 87.6 Å². The van der Waals surface area contributed by atoms with E-state index in [0.717, 1.165) is 32.1 Å². The molecule has 2 rings (SSSR count). The van der Waals surface area contributed by atoms with E-state index in [4.69, 9.17) is 15.2 Å². The quantitative estimate of drug-likeness (QED) is 0.643. The van der Waals surface area contributed by atoms with E-state index in [1.807, 2.05) is 6.92 Å². The highest BCUT2D eigenvalue weighted by molar-refractivity contribution is 5.46. The Hall–Kier alpha value is -1.82. The fraction of sp³-hybridized carbons (Fsp3) is 0.600. The SMILES string of the molecule is CCCOc1cc(OC2CCC(N)CC2)cc([N+](=O)[O-])c1. The molecule has 0 radical (unpaired) electrons. The minimum absolute atomic E-state index is 0.00823. The van der Waals surface area contributed by atoms with Gasteiger partial charge < -0.3 is 15.2 Å². The summed E-state index contributed by atoms with van der Waals surface area (Å²) >= 11 is 0. The van der Waals surface area contributed by atoms with Crippen LogP contribution in [-0.2, 0) is 0 Å². The third-order valence-electron chi connectivity index (χ3n) is 3.57. The summed E-state index contributed by atoms with van der Waals surface area (Å²) < 4.78 is 11.4. The molecule has 6 heteroatoms. The molecule has 0 spiro atoms. The van der Waals surface area contributed by atoms with Gasteiger partial charge in [0.2, 0.25) is 0 Å². The van der Waals surface area contributed by atoms with Crippen LogP contribution in [0.25, 0.3) is 0 Å². The lowest BCUT2D eigenvalue weighted by Gasteiger charge is -2.26. The monoisotopic (exact) mass is 294 g/mol. The molecule has 0 aromatic heterocycles. The summed E-state index contributed by atoms with van der Waals surface area (Å²) in [4.78, 5) is 10.6. The Labute approximate surface area is 124 Å². The van der Waals surface area contributed by atoms with E-state index in [2.05, 4.69) is 0 Å². The van der Waals surface area contributed by atoms with Crippen LogP contribution in [0.15, 0.2) is 18.2 Å². The van der Waals surface area contributed by atoms with Gasteiger partial charge in [-0.2, -0.15) is 0 Å². The molecule has 0 saturated heterocycles. The lowest BCUT2D eigenvalue weighted by atomic mass is 9.94. The van der Waals surface area contributed by atoms with E-state index in [1.54, 1.807) is 6.07 Å². The Balaban J connectivity index is 2.09. The Kier molecular flexibility index (Phi) is 5.38. The average Bonchev–Trinajstić information content (AvgIpc) is 2.47. The van der Waals surface area contributed by atoms with Crippen molar-refractivity contribution < 1.29 is 14.4 Å². The lowest BCUT2D eigenvalue weighted by Crippen LogP contribution is -2.31. The van der Waals surface area contributed by atoms with Gasteiger partial charge in [0.05, 0.1) is 29.8 Å². The smallest absolute Gasteiger partial charge is 0.276 e. The van der Waals surface area contributed by atoms with Crippen LogP contribution < -0.4 is 15.2 Å². The van der Waals surface area contributed by atoms with Gasteiger partial charge in [-0.3, -0.25) is 10.1 Å². The first-order chi connectivity index (χ1) is 10.1. The number of nitro benzene ring substituents is 1. The first-order valence-corrected chi connectivity index (χ1v) is 7.43. The summed E-state index contributed by atoms with van der Waals surface area (Å²) in [5.41, 5.74) is 5.86. The Morgan fingerprint density at radius 2 is 1.90 bits per heavy atom. The molecule has 0 unspecified atom stereocenters. The number of benzene rings is 1. The van der Waals surface area contributed by atoms with Crippen molar-refractivity contribution in [3.63, 3.8) is 0 Å². The summed E-state index contributed by atoms with van der Waals surface area (Å²) in [5.74, 6) is 0.976. The van der Waals surface area contributed by atoms with Crippen LogP contribution in [-0.4, -0.2) is 23.7 Å². The van der Waals surface area contributed by atoms with Crippen molar-refractivity contribution in [2.24, 2.45) is 5.73 Å². The predicted octanol–water partition coefficient (Wildman–Crippen LogP) is 3.03. The zero-order chi connectivity index (χ0) is 15.2. The fourth-order valence-electron chi connectivity index (χ4n) is 2.43. The molecular weight excluding hydrogens is 272 g/mol. The van der Waals surface area contributed by atoms with Gasteiger partial charge in [0.25, 0.3) is 5.69 Å². The fourth-order valence-corrected chi connectivity index (χ4v) is 2.43. The molecule has 2 N–H and O–H groups in total. The molecule has 21 heavy (non-hydrogen) atoms. The van der Waals surface area contributed by atoms with Crippen molar-refractivity contribution in [2.75, 3.05) is 6.61 Å². The molecule has 0 atom stereocenters. The Bertz CT molecular complexity index is 485. The summed E-state index contributed by atoms with van der Waals surface area (Å²) in [7, 11) is 0. The third-order valence-corrected chi connectivity index (χ3v) is 3.57. The lowest BCUT2D eigenvalue weighted by molar-refractivity contribution is -0.385. The van der Waals surface area contributed by atoms with E-state index < -0.39 is 4.92 Å². The summed E-state index contributed by atoms with van der Waals surface area (Å²) in [6.07, 6.45) is 4.55. The number of nitro groups is 1. The molecule has 0 aliphatic heterocycles. The van der Waals surface area contributed by atoms with Crippen molar-refractivity contribution in [2.45, 2.75) is 51.2 Å². The normalized spacial score (nSPS) is 21.8. The molecule has 1 aliphatic rings. The maximum Gasteiger partial charge on any atom is 0.276 e. The van der Waals surface area contributed by atoms with Gasteiger partial charge in [0.15, 0.2) is 0 Å². The zero-order valence-electron chi connectivity index (χ0n) is 12.3. The second-order valence-electron chi connectivity index (χ2n) is 5.42. The van der Waals surface area contributed by atoms with Crippen LogP contribution >= 0.6 is 0 Å². The highest BCUT2D eigenvalue weighted by Crippen LogP contribution is 2.30. The Morgan fingerprint density at radius 3 is 2.52 bits per heavy atom. The van der Waals surface area contributed by atoms with Gasteiger partial charge in [-0.05, 0) is 32.1 Å². The van der Waals surface area contributed by atoms with Crippen LogP contribution in [0, 0.1) is 10.1 Å². The van der Waals surface area contributed by atoms with Gasteiger partial charge >= 0.3 is 0 Å². The van der Waals surface area contributed by atoms with Crippen LogP contribution in [0.2, 0.25) is 0 Å². The molecule has 1 saturated carbocycles. The number of non-ortho nitro benzene ring substituents is 1. The third kappa shape index (κ3) is 4.60. The molecule has 1 aromatic rings. The molecule has 1 fully saturated rings. The second kappa shape index (κ2) is 7.26. The van der Waals surface area contributed by atoms with Crippen LogP contribution in [0.5, 0.6) is 11.5 Å². The molecule has 1 aliphatic carbocycles. The van der Waals surface area contributed by atoms with E-state index in [9.17, 15) is 10.1 Å². The van der Waals surface area contributed by atoms with E-state index in [0.29, 0.717) is 18.1 Å². The van der Waals surface area contributed by atoms with E-state index >= 15 is 0 Å². The van der Waals surface area contributed by atoms with Gasteiger partial charge in [0, 0.05) is 12.1 Å². The number of hydrogen-bond donors (Lipinski definition) is 1. The number of rotatable bonds is 6. The maximum absolute atomic E-state index is 11.0. The minimum Gasteiger partial charge on any atom is -0.493 e. The standard InChI is InChI=1S/C15H22N2O4/c1-2-7-20-14-8-12(17(18)19)9-15(10-14)21-13-5-3-11(16)4-6-13/h8-11,13H,2-7,16H2,1H3. The molecular formula is C15H22N2O4. The zero-order valence-corrected chi connectivity index (χ0v) is 12.3. The number of ether oxygens (including phenoxy) is 2. The number of hydrogen-bond acceptors (Lipinski definition) is 5. The molecule has 0 bridgehead atoms. The van der Waals surface area contributed by atoms with Crippen LogP contribution in [0.3, 0.4) is 0 Å². The minimum atomic E-state index is -0.428. The van der Waals surface area contributed by atoms with Gasteiger partial charge in [-0.15, -0.1) is 0 Å². The van der Waals surface area contributed by atoms with Crippen molar-refractivity contribution in [3.8, 4) is 11.5 Å².